The minimum Gasteiger partial charge on any atom is -0.368 e. The first-order valence-electron chi connectivity index (χ1n) is 8.69. The van der Waals surface area contributed by atoms with Gasteiger partial charge in [0.1, 0.15) is 6.07 Å². The van der Waals surface area contributed by atoms with E-state index >= 15 is 0 Å². The minimum atomic E-state index is 0.261. The van der Waals surface area contributed by atoms with Crippen LogP contribution < -0.4 is 4.90 Å². The number of carbonyl (C=O) groups excluding carboxylic acids is 1. The molecule has 128 valence electrons. The van der Waals surface area contributed by atoms with Crippen LogP contribution in [0.1, 0.15) is 16.7 Å². The van der Waals surface area contributed by atoms with Crippen molar-refractivity contribution in [2.24, 2.45) is 0 Å². The summed E-state index contributed by atoms with van der Waals surface area (Å²) in [6.45, 7) is 5.93. The lowest BCUT2D eigenvalue weighted by atomic mass is 10.1. The van der Waals surface area contributed by atoms with Crippen LogP contribution in [0, 0.1) is 18.3 Å². The number of nitriles is 1. The molecule has 0 saturated carbocycles. The van der Waals surface area contributed by atoms with Crippen molar-refractivity contribution >= 4 is 11.5 Å². The number of para-hydroxylation sites is 1. The van der Waals surface area contributed by atoms with Gasteiger partial charge in [0.25, 0.3) is 0 Å². The summed E-state index contributed by atoms with van der Waals surface area (Å²) in [6, 6.07) is 18.1. The number of ketones is 1. The quantitative estimate of drug-likeness (QED) is 0.844. The average Bonchev–Trinajstić information content (AvgIpc) is 2.62. The van der Waals surface area contributed by atoms with E-state index in [9.17, 15) is 10.1 Å². The summed E-state index contributed by atoms with van der Waals surface area (Å²) in [4.78, 5) is 16.8. The van der Waals surface area contributed by atoms with Gasteiger partial charge in [0.05, 0.1) is 17.8 Å². The van der Waals surface area contributed by atoms with Gasteiger partial charge in [0.15, 0.2) is 5.78 Å². The predicted molar refractivity (Wildman–Crippen MR) is 99.7 cm³/mol. The fourth-order valence-corrected chi connectivity index (χ4v) is 3.35. The highest BCUT2D eigenvalue weighted by molar-refractivity contribution is 5.82. The lowest BCUT2D eigenvalue weighted by Crippen LogP contribution is -2.48. The first-order chi connectivity index (χ1) is 12.2. The molecule has 1 aliphatic heterocycles. The van der Waals surface area contributed by atoms with E-state index in [1.807, 2.05) is 49.4 Å². The Balaban J connectivity index is 1.52. The Bertz CT molecular complexity index is 786. The smallest absolute Gasteiger partial charge is 0.151 e. The van der Waals surface area contributed by atoms with Gasteiger partial charge in [-0.05, 0) is 24.6 Å². The number of hydrogen-bond acceptors (Lipinski definition) is 4. The SMILES string of the molecule is Cc1cccc(CC(=O)CN2CCN(c3ccccc3C#N)CC2)c1. The second-order valence-corrected chi connectivity index (χ2v) is 6.60. The summed E-state index contributed by atoms with van der Waals surface area (Å²) in [5.41, 5.74) is 3.99. The number of benzene rings is 2. The molecule has 0 aliphatic carbocycles. The third-order valence-electron chi connectivity index (χ3n) is 4.62. The summed E-state index contributed by atoms with van der Waals surface area (Å²) in [5, 5.41) is 9.25. The molecule has 0 aromatic heterocycles. The van der Waals surface area contributed by atoms with Crippen molar-refractivity contribution < 1.29 is 4.79 Å². The van der Waals surface area contributed by atoms with Crippen LogP contribution in [0.5, 0.6) is 0 Å². The van der Waals surface area contributed by atoms with Crippen LogP contribution in [0.4, 0.5) is 5.69 Å². The molecule has 0 radical (unpaired) electrons. The molecule has 2 aromatic carbocycles. The van der Waals surface area contributed by atoms with Crippen LogP contribution in [-0.4, -0.2) is 43.4 Å². The average molecular weight is 333 g/mol. The van der Waals surface area contributed by atoms with Crippen molar-refractivity contribution in [1.82, 2.24) is 4.90 Å². The Labute approximate surface area is 149 Å². The predicted octanol–water partition coefficient (Wildman–Crippen LogP) is 2.80. The van der Waals surface area contributed by atoms with Crippen LogP contribution in [-0.2, 0) is 11.2 Å². The molecular formula is C21H23N3O. The fraction of sp³-hybridized carbons (Fsp3) is 0.333. The van der Waals surface area contributed by atoms with Crippen LogP contribution in [0.25, 0.3) is 0 Å². The molecule has 0 atom stereocenters. The standard InChI is InChI=1S/C21H23N3O/c1-17-5-4-6-18(13-17)14-20(25)16-23-9-11-24(12-10-23)21-8-3-2-7-19(21)15-22/h2-8,13H,9-12,14,16H2,1H3. The van der Waals surface area contributed by atoms with Gasteiger partial charge in [-0.15, -0.1) is 0 Å². The number of nitrogens with zero attached hydrogens (tertiary/aromatic N) is 3. The Morgan fingerprint density at radius 2 is 1.84 bits per heavy atom. The van der Waals surface area contributed by atoms with E-state index in [1.54, 1.807) is 0 Å². The van der Waals surface area contributed by atoms with Gasteiger partial charge in [0.2, 0.25) is 0 Å². The van der Waals surface area contributed by atoms with Gasteiger partial charge in [-0.1, -0.05) is 42.0 Å². The van der Waals surface area contributed by atoms with Crippen LogP contribution in [0.15, 0.2) is 48.5 Å². The molecule has 0 bridgehead atoms. The molecule has 1 aliphatic rings. The fourth-order valence-electron chi connectivity index (χ4n) is 3.35. The maximum Gasteiger partial charge on any atom is 0.151 e. The lowest BCUT2D eigenvalue weighted by molar-refractivity contribution is -0.119. The largest absolute Gasteiger partial charge is 0.368 e. The van der Waals surface area contributed by atoms with Gasteiger partial charge < -0.3 is 4.90 Å². The van der Waals surface area contributed by atoms with E-state index in [0.29, 0.717) is 18.5 Å². The van der Waals surface area contributed by atoms with E-state index in [2.05, 4.69) is 21.9 Å². The van der Waals surface area contributed by atoms with Crippen molar-refractivity contribution in [3.05, 3.63) is 65.2 Å². The van der Waals surface area contributed by atoms with Gasteiger partial charge >= 0.3 is 0 Å². The first kappa shape index (κ1) is 17.2. The molecule has 0 unspecified atom stereocenters. The van der Waals surface area contributed by atoms with Crippen molar-refractivity contribution in [2.45, 2.75) is 13.3 Å². The van der Waals surface area contributed by atoms with Crippen molar-refractivity contribution in [2.75, 3.05) is 37.6 Å². The number of hydrogen-bond donors (Lipinski definition) is 0. The van der Waals surface area contributed by atoms with Crippen molar-refractivity contribution in [3.8, 4) is 6.07 Å². The third-order valence-corrected chi connectivity index (χ3v) is 4.62. The molecule has 3 rings (SSSR count). The van der Waals surface area contributed by atoms with Crippen molar-refractivity contribution in [1.29, 1.82) is 5.26 Å². The third kappa shape index (κ3) is 4.46. The normalized spacial score (nSPS) is 15.0. The van der Waals surface area contributed by atoms with E-state index in [0.717, 1.165) is 37.4 Å². The second-order valence-electron chi connectivity index (χ2n) is 6.60. The minimum absolute atomic E-state index is 0.261. The molecule has 0 spiro atoms. The monoisotopic (exact) mass is 333 g/mol. The number of piperazine rings is 1. The lowest BCUT2D eigenvalue weighted by Gasteiger charge is -2.36. The van der Waals surface area contributed by atoms with Gasteiger partial charge in [0, 0.05) is 32.6 Å². The maximum absolute atomic E-state index is 12.3. The topological polar surface area (TPSA) is 47.3 Å². The first-order valence-corrected chi connectivity index (χ1v) is 8.69. The number of Topliss-reactive ketones (excluding diaryl/α,β-unsaturated/α-hetero) is 1. The number of anilines is 1. The van der Waals surface area contributed by atoms with Crippen LogP contribution in [0.3, 0.4) is 0 Å². The molecule has 2 aromatic rings. The van der Waals surface area contributed by atoms with Gasteiger partial charge in [-0.2, -0.15) is 5.26 Å². The number of rotatable bonds is 5. The Morgan fingerprint density at radius 3 is 2.56 bits per heavy atom. The zero-order chi connectivity index (χ0) is 17.6. The number of aryl methyl sites for hydroxylation is 1. The summed E-state index contributed by atoms with van der Waals surface area (Å²) in [6.07, 6.45) is 0.499. The molecule has 1 fully saturated rings. The molecule has 0 N–H and O–H groups in total. The summed E-state index contributed by atoms with van der Waals surface area (Å²) < 4.78 is 0. The summed E-state index contributed by atoms with van der Waals surface area (Å²) >= 11 is 0. The highest BCUT2D eigenvalue weighted by Gasteiger charge is 2.20. The molecule has 25 heavy (non-hydrogen) atoms. The van der Waals surface area contributed by atoms with E-state index in [4.69, 9.17) is 0 Å². The molecule has 4 nitrogen and oxygen atoms in total. The van der Waals surface area contributed by atoms with E-state index in [-0.39, 0.29) is 5.78 Å². The summed E-state index contributed by atoms with van der Waals surface area (Å²) in [7, 11) is 0. The molecule has 1 saturated heterocycles. The molecular weight excluding hydrogens is 310 g/mol. The van der Waals surface area contributed by atoms with Gasteiger partial charge in [-0.25, -0.2) is 0 Å². The molecule has 4 heteroatoms. The van der Waals surface area contributed by atoms with Gasteiger partial charge in [-0.3, -0.25) is 9.69 Å². The van der Waals surface area contributed by atoms with E-state index < -0.39 is 0 Å². The Hall–Kier alpha value is -2.64. The molecule has 1 heterocycles. The van der Waals surface area contributed by atoms with Crippen LogP contribution >= 0.6 is 0 Å². The van der Waals surface area contributed by atoms with Crippen LogP contribution in [0.2, 0.25) is 0 Å². The van der Waals surface area contributed by atoms with Crippen molar-refractivity contribution in [3.63, 3.8) is 0 Å². The summed E-state index contributed by atoms with van der Waals surface area (Å²) in [5.74, 6) is 0.261. The highest BCUT2D eigenvalue weighted by Crippen LogP contribution is 2.21. The number of carbonyl (C=O) groups is 1. The highest BCUT2D eigenvalue weighted by atomic mass is 16.1. The van der Waals surface area contributed by atoms with E-state index in [1.165, 1.54) is 5.56 Å². The zero-order valence-electron chi connectivity index (χ0n) is 14.6. The second kappa shape index (κ2) is 7.96. The Kier molecular flexibility index (Phi) is 5.47. The Morgan fingerprint density at radius 1 is 1.08 bits per heavy atom. The zero-order valence-corrected chi connectivity index (χ0v) is 14.6. The molecule has 0 amide bonds. The maximum atomic E-state index is 12.3.